The first-order chi connectivity index (χ1) is 9.19. The van der Waals surface area contributed by atoms with Crippen molar-refractivity contribution < 1.29 is 4.74 Å². The lowest BCUT2D eigenvalue weighted by atomic mass is 9.97. The highest BCUT2D eigenvalue weighted by atomic mass is 35.5. The third kappa shape index (κ3) is 2.22. The van der Waals surface area contributed by atoms with E-state index in [1.807, 2.05) is 19.1 Å². The number of hydrogen-bond donors (Lipinski definition) is 1. The van der Waals surface area contributed by atoms with Gasteiger partial charge >= 0.3 is 0 Å². The van der Waals surface area contributed by atoms with Crippen LogP contribution in [0.25, 0.3) is 11.1 Å². The molecule has 1 aliphatic heterocycles. The molecule has 1 aliphatic rings. The Hall–Kier alpha value is -1.51. The Balaban J connectivity index is 2.12. The summed E-state index contributed by atoms with van der Waals surface area (Å²) in [7, 11) is 0. The van der Waals surface area contributed by atoms with Gasteiger partial charge in [-0.3, -0.25) is 0 Å². The van der Waals surface area contributed by atoms with E-state index in [2.05, 4.69) is 18.2 Å². The van der Waals surface area contributed by atoms with E-state index in [-0.39, 0.29) is 0 Å². The van der Waals surface area contributed by atoms with Crippen LogP contribution < -0.4 is 10.5 Å². The van der Waals surface area contributed by atoms with Gasteiger partial charge in [0.25, 0.3) is 0 Å². The molecule has 98 valence electrons. The van der Waals surface area contributed by atoms with E-state index < -0.39 is 0 Å². The fourth-order valence-electron chi connectivity index (χ4n) is 2.48. The lowest BCUT2D eigenvalue weighted by molar-refractivity contribution is 0.353. The van der Waals surface area contributed by atoms with Crippen LogP contribution in [0.15, 0.2) is 30.3 Å². The van der Waals surface area contributed by atoms with E-state index >= 15 is 0 Å². The third-order valence-corrected chi connectivity index (χ3v) is 3.99. The topological polar surface area (TPSA) is 35.2 Å². The minimum atomic E-state index is 0.496. The average Bonchev–Trinajstić information content (AvgIpc) is 2.89. The van der Waals surface area contributed by atoms with Gasteiger partial charge in [-0.15, -0.1) is 0 Å². The first-order valence-electron chi connectivity index (χ1n) is 6.44. The van der Waals surface area contributed by atoms with Gasteiger partial charge in [0, 0.05) is 23.6 Å². The fraction of sp³-hybridized carbons (Fsp3) is 0.250. The van der Waals surface area contributed by atoms with Crippen LogP contribution in [0.1, 0.15) is 16.7 Å². The zero-order valence-electron chi connectivity index (χ0n) is 10.9. The molecule has 0 amide bonds. The van der Waals surface area contributed by atoms with Gasteiger partial charge in [-0.25, -0.2) is 0 Å². The van der Waals surface area contributed by atoms with E-state index in [1.165, 1.54) is 5.56 Å². The highest BCUT2D eigenvalue weighted by molar-refractivity contribution is 6.31. The number of halogens is 1. The molecule has 0 radical (unpaired) electrons. The van der Waals surface area contributed by atoms with Crippen molar-refractivity contribution >= 4 is 11.6 Å². The molecule has 19 heavy (non-hydrogen) atoms. The molecule has 3 rings (SSSR count). The molecule has 0 atom stereocenters. The van der Waals surface area contributed by atoms with Crippen molar-refractivity contribution in [3.63, 3.8) is 0 Å². The van der Waals surface area contributed by atoms with Gasteiger partial charge in [0.05, 0.1) is 6.61 Å². The monoisotopic (exact) mass is 273 g/mol. The first-order valence-corrected chi connectivity index (χ1v) is 6.82. The average molecular weight is 274 g/mol. The summed E-state index contributed by atoms with van der Waals surface area (Å²) in [4.78, 5) is 0. The third-order valence-electron chi connectivity index (χ3n) is 3.59. The quantitative estimate of drug-likeness (QED) is 0.905. The molecular weight excluding hydrogens is 258 g/mol. The molecule has 0 aliphatic carbocycles. The minimum Gasteiger partial charge on any atom is -0.493 e. The van der Waals surface area contributed by atoms with Crippen LogP contribution in [0, 0.1) is 6.92 Å². The normalized spacial score (nSPS) is 13.2. The van der Waals surface area contributed by atoms with Gasteiger partial charge in [0.1, 0.15) is 5.75 Å². The lowest BCUT2D eigenvalue weighted by Crippen LogP contribution is -2.00. The maximum Gasteiger partial charge on any atom is 0.127 e. The van der Waals surface area contributed by atoms with Gasteiger partial charge in [-0.1, -0.05) is 23.7 Å². The van der Waals surface area contributed by atoms with Crippen molar-refractivity contribution in [2.24, 2.45) is 5.73 Å². The second kappa shape index (κ2) is 4.87. The highest BCUT2D eigenvalue weighted by Gasteiger charge is 2.17. The number of benzene rings is 2. The van der Waals surface area contributed by atoms with Gasteiger partial charge in [0.15, 0.2) is 0 Å². The summed E-state index contributed by atoms with van der Waals surface area (Å²) in [6.45, 7) is 3.25. The second-order valence-corrected chi connectivity index (χ2v) is 5.30. The summed E-state index contributed by atoms with van der Waals surface area (Å²) in [6, 6.07) is 10.4. The molecule has 2 aromatic carbocycles. The lowest BCUT2D eigenvalue weighted by Gasteiger charge is -2.10. The Bertz CT molecular complexity index is 637. The summed E-state index contributed by atoms with van der Waals surface area (Å²) in [5.74, 6) is 0.976. The van der Waals surface area contributed by atoms with E-state index in [9.17, 15) is 0 Å². The number of aryl methyl sites for hydroxylation is 1. The molecule has 0 saturated carbocycles. The maximum atomic E-state index is 6.21. The van der Waals surface area contributed by atoms with Crippen LogP contribution >= 0.6 is 11.6 Å². The van der Waals surface area contributed by atoms with E-state index in [0.717, 1.165) is 46.1 Å². The molecule has 3 heteroatoms. The van der Waals surface area contributed by atoms with E-state index in [4.69, 9.17) is 22.1 Å². The summed E-state index contributed by atoms with van der Waals surface area (Å²) in [5, 5.41) is 0.795. The predicted octanol–water partition coefficient (Wildman–Crippen LogP) is 3.71. The molecule has 2 nitrogen and oxygen atoms in total. The zero-order chi connectivity index (χ0) is 13.4. The largest absolute Gasteiger partial charge is 0.493 e. The molecule has 1 heterocycles. The molecule has 0 saturated heterocycles. The van der Waals surface area contributed by atoms with Gasteiger partial charge < -0.3 is 10.5 Å². The number of hydrogen-bond acceptors (Lipinski definition) is 2. The minimum absolute atomic E-state index is 0.496. The maximum absolute atomic E-state index is 6.21. The summed E-state index contributed by atoms with van der Waals surface area (Å²) in [6.07, 6.45) is 0.954. The van der Waals surface area contributed by atoms with Crippen LogP contribution in [0.4, 0.5) is 0 Å². The van der Waals surface area contributed by atoms with Crippen LogP contribution in [-0.2, 0) is 13.0 Å². The summed E-state index contributed by atoms with van der Waals surface area (Å²) >= 11 is 6.21. The van der Waals surface area contributed by atoms with Crippen LogP contribution in [0.5, 0.6) is 5.75 Å². The number of nitrogens with two attached hydrogens (primary N) is 1. The van der Waals surface area contributed by atoms with Crippen LogP contribution in [0.3, 0.4) is 0 Å². The van der Waals surface area contributed by atoms with Crippen molar-refractivity contribution in [2.45, 2.75) is 19.9 Å². The standard InChI is InChI=1S/C16H16ClNO/c1-10-2-3-11(8-15(10)17)13-6-12-4-5-19-16(12)14(7-13)9-18/h2-3,6-8H,4-5,9,18H2,1H3. The summed E-state index contributed by atoms with van der Waals surface area (Å²) in [5.41, 5.74) is 11.5. The van der Waals surface area contributed by atoms with Crippen molar-refractivity contribution in [3.05, 3.63) is 52.0 Å². The summed E-state index contributed by atoms with van der Waals surface area (Å²) < 4.78 is 5.65. The van der Waals surface area contributed by atoms with Crippen LogP contribution in [0.2, 0.25) is 5.02 Å². The molecule has 0 bridgehead atoms. The number of fused-ring (bicyclic) bond motifs is 1. The fourth-order valence-corrected chi connectivity index (χ4v) is 2.66. The van der Waals surface area contributed by atoms with Crippen LogP contribution in [-0.4, -0.2) is 6.61 Å². The Morgan fingerprint density at radius 1 is 1.21 bits per heavy atom. The smallest absolute Gasteiger partial charge is 0.127 e. The molecule has 0 spiro atoms. The van der Waals surface area contributed by atoms with Crippen molar-refractivity contribution in [3.8, 4) is 16.9 Å². The van der Waals surface area contributed by atoms with Crippen molar-refractivity contribution in [1.82, 2.24) is 0 Å². The van der Waals surface area contributed by atoms with Crippen molar-refractivity contribution in [1.29, 1.82) is 0 Å². The Labute approximate surface area is 118 Å². The van der Waals surface area contributed by atoms with Crippen molar-refractivity contribution in [2.75, 3.05) is 6.61 Å². The van der Waals surface area contributed by atoms with E-state index in [1.54, 1.807) is 0 Å². The highest BCUT2D eigenvalue weighted by Crippen LogP contribution is 2.35. The first kappa shape index (κ1) is 12.5. The Kier molecular flexibility index (Phi) is 3.21. The van der Waals surface area contributed by atoms with E-state index in [0.29, 0.717) is 6.54 Å². The Morgan fingerprint density at radius 2 is 2.05 bits per heavy atom. The zero-order valence-corrected chi connectivity index (χ0v) is 11.6. The van der Waals surface area contributed by atoms with Gasteiger partial charge in [-0.2, -0.15) is 0 Å². The molecule has 2 aromatic rings. The SMILES string of the molecule is Cc1ccc(-c2cc(CN)c3c(c2)CCO3)cc1Cl. The van der Waals surface area contributed by atoms with Gasteiger partial charge in [-0.05, 0) is 47.4 Å². The number of ether oxygens (including phenoxy) is 1. The molecule has 0 fully saturated rings. The predicted molar refractivity (Wildman–Crippen MR) is 78.7 cm³/mol. The molecule has 0 aromatic heterocycles. The van der Waals surface area contributed by atoms with Gasteiger partial charge in [0.2, 0.25) is 0 Å². The molecule has 2 N–H and O–H groups in total. The second-order valence-electron chi connectivity index (χ2n) is 4.89. The Morgan fingerprint density at radius 3 is 2.79 bits per heavy atom. The molecule has 0 unspecified atom stereocenters. The number of rotatable bonds is 2. The molecular formula is C16H16ClNO.